The van der Waals surface area contributed by atoms with Crippen LogP contribution in [0.5, 0.6) is 0 Å². The summed E-state index contributed by atoms with van der Waals surface area (Å²) in [5, 5.41) is 11.6. The van der Waals surface area contributed by atoms with Crippen molar-refractivity contribution in [2.45, 2.75) is 36.9 Å². The molecule has 0 atom stereocenters. The summed E-state index contributed by atoms with van der Waals surface area (Å²) in [7, 11) is 0. The molecule has 2 aliphatic rings. The molecule has 1 aliphatic carbocycles. The van der Waals surface area contributed by atoms with Gasteiger partial charge in [-0.1, -0.05) is 6.07 Å². The third kappa shape index (κ3) is 1.79. The van der Waals surface area contributed by atoms with Crippen LogP contribution in [-0.2, 0) is 14.9 Å². The first-order valence-electron chi connectivity index (χ1n) is 6.02. The molecule has 0 amide bonds. The Labute approximate surface area is 105 Å². The van der Waals surface area contributed by atoms with Gasteiger partial charge < -0.3 is 9.47 Å². The van der Waals surface area contributed by atoms with Gasteiger partial charge in [0.25, 0.3) is 0 Å². The van der Waals surface area contributed by atoms with E-state index in [0.717, 1.165) is 25.7 Å². The van der Waals surface area contributed by atoms with Crippen LogP contribution in [-0.4, -0.2) is 19.0 Å². The van der Waals surface area contributed by atoms with Crippen LogP contribution >= 0.6 is 11.3 Å². The molecule has 3 nitrogen and oxygen atoms in total. The number of ether oxygens (including phenoxy) is 2. The molecule has 90 valence electrons. The second kappa shape index (κ2) is 4.09. The van der Waals surface area contributed by atoms with Gasteiger partial charge >= 0.3 is 0 Å². The highest BCUT2D eigenvalue weighted by atomic mass is 32.1. The van der Waals surface area contributed by atoms with Crippen LogP contribution in [0, 0.1) is 11.3 Å². The highest BCUT2D eigenvalue weighted by Gasteiger charge is 2.47. The van der Waals surface area contributed by atoms with Gasteiger partial charge in [0.05, 0.1) is 24.7 Å². The SMILES string of the molecule is N#CC1(c2cccs2)CCC2(CC1)OCCO2. The Balaban J connectivity index is 1.81. The van der Waals surface area contributed by atoms with Gasteiger partial charge in [-0.15, -0.1) is 11.3 Å². The summed E-state index contributed by atoms with van der Waals surface area (Å²) in [6.45, 7) is 1.39. The van der Waals surface area contributed by atoms with Gasteiger partial charge in [-0.25, -0.2) is 0 Å². The average Bonchev–Trinajstić information content (AvgIpc) is 3.03. The predicted octanol–water partition coefficient (Wildman–Crippen LogP) is 2.83. The fourth-order valence-corrected chi connectivity index (χ4v) is 3.74. The number of nitrogens with zero attached hydrogens (tertiary/aromatic N) is 1. The van der Waals surface area contributed by atoms with E-state index in [1.54, 1.807) is 11.3 Å². The molecule has 3 rings (SSSR count). The number of thiophene rings is 1. The van der Waals surface area contributed by atoms with Gasteiger partial charge in [0.15, 0.2) is 5.79 Å². The van der Waals surface area contributed by atoms with E-state index in [1.807, 2.05) is 11.4 Å². The molecule has 0 N–H and O–H groups in total. The van der Waals surface area contributed by atoms with Crippen LogP contribution in [0.25, 0.3) is 0 Å². The molecular weight excluding hydrogens is 234 g/mol. The normalized spacial score (nSPS) is 25.8. The minimum absolute atomic E-state index is 0.311. The topological polar surface area (TPSA) is 42.2 Å². The number of hydrogen-bond acceptors (Lipinski definition) is 4. The lowest BCUT2D eigenvalue weighted by Crippen LogP contribution is -2.41. The van der Waals surface area contributed by atoms with Crippen molar-refractivity contribution in [1.29, 1.82) is 5.26 Å². The van der Waals surface area contributed by atoms with E-state index in [0.29, 0.717) is 13.2 Å². The lowest BCUT2D eigenvalue weighted by molar-refractivity contribution is -0.182. The van der Waals surface area contributed by atoms with Crippen molar-refractivity contribution < 1.29 is 9.47 Å². The summed E-state index contributed by atoms with van der Waals surface area (Å²) < 4.78 is 11.4. The molecule has 1 aromatic rings. The van der Waals surface area contributed by atoms with Crippen molar-refractivity contribution in [2.24, 2.45) is 0 Å². The first-order chi connectivity index (χ1) is 8.29. The van der Waals surface area contributed by atoms with E-state index in [4.69, 9.17) is 9.47 Å². The fraction of sp³-hybridized carbons (Fsp3) is 0.615. The zero-order chi connectivity index (χ0) is 11.8. The van der Waals surface area contributed by atoms with Crippen LogP contribution in [0.3, 0.4) is 0 Å². The Morgan fingerprint density at radius 2 is 1.88 bits per heavy atom. The average molecular weight is 249 g/mol. The maximum Gasteiger partial charge on any atom is 0.168 e. The molecule has 0 bridgehead atoms. The van der Waals surface area contributed by atoms with Crippen LogP contribution in [0.4, 0.5) is 0 Å². The standard InChI is InChI=1S/C13H15NO2S/c14-10-12(11-2-1-9-17-11)3-5-13(6-4-12)15-7-8-16-13/h1-2,9H,3-8H2. The van der Waals surface area contributed by atoms with Crippen LogP contribution < -0.4 is 0 Å². The van der Waals surface area contributed by atoms with Gasteiger partial charge in [-0.3, -0.25) is 0 Å². The Hall–Kier alpha value is -0.890. The summed E-state index contributed by atoms with van der Waals surface area (Å²) in [5.41, 5.74) is -0.311. The van der Waals surface area contributed by atoms with Crippen molar-refractivity contribution in [3.8, 4) is 6.07 Å². The molecule has 1 aromatic heterocycles. The van der Waals surface area contributed by atoms with Crippen molar-refractivity contribution in [2.75, 3.05) is 13.2 Å². The quantitative estimate of drug-likeness (QED) is 0.768. The lowest BCUT2D eigenvalue weighted by Gasteiger charge is -2.39. The fourth-order valence-electron chi connectivity index (χ4n) is 2.81. The van der Waals surface area contributed by atoms with Crippen LogP contribution in [0.15, 0.2) is 17.5 Å². The molecule has 0 unspecified atom stereocenters. The van der Waals surface area contributed by atoms with Gasteiger partial charge in [-0.2, -0.15) is 5.26 Å². The van der Waals surface area contributed by atoms with E-state index in [9.17, 15) is 5.26 Å². The summed E-state index contributed by atoms with van der Waals surface area (Å²) in [4.78, 5) is 1.19. The molecule has 1 aliphatic heterocycles. The van der Waals surface area contributed by atoms with Crippen molar-refractivity contribution in [3.05, 3.63) is 22.4 Å². The lowest BCUT2D eigenvalue weighted by atomic mass is 9.72. The first kappa shape index (κ1) is 11.2. The summed E-state index contributed by atoms with van der Waals surface area (Å²) in [6.07, 6.45) is 3.34. The maximum absolute atomic E-state index is 9.52. The molecule has 17 heavy (non-hydrogen) atoms. The molecule has 2 heterocycles. The van der Waals surface area contributed by atoms with Crippen molar-refractivity contribution in [1.82, 2.24) is 0 Å². The number of hydrogen-bond donors (Lipinski definition) is 0. The molecule has 1 saturated heterocycles. The molecule has 4 heteroatoms. The smallest absolute Gasteiger partial charge is 0.168 e. The Kier molecular flexibility index (Phi) is 2.70. The Bertz CT molecular complexity index is 419. The van der Waals surface area contributed by atoms with E-state index >= 15 is 0 Å². The summed E-state index contributed by atoms with van der Waals surface area (Å²) >= 11 is 1.68. The van der Waals surface area contributed by atoms with E-state index in [-0.39, 0.29) is 11.2 Å². The largest absolute Gasteiger partial charge is 0.348 e. The van der Waals surface area contributed by atoms with Crippen LogP contribution in [0.1, 0.15) is 30.6 Å². The summed E-state index contributed by atoms with van der Waals surface area (Å²) in [5.74, 6) is -0.377. The number of rotatable bonds is 1. The predicted molar refractivity (Wildman–Crippen MR) is 64.7 cm³/mol. The molecule has 1 saturated carbocycles. The minimum Gasteiger partial charge on any atom is -0.348 e. The number of nitriles is 1. The highest BCUT2D eigenvalue weighted by molar-refractivity contribution is 7.10. The molecule has 2 fully saturated rings. The molecule has 0 aromatic carbocycles. The monoisotopic (exact) mass is 249 g/mol. The van der Waals surface area contributed by atoms with Crippen LogP contribution in [0.2, 0.25) is 0 Å². The third-order valence-corrected chi connectivity index (χ3v) is 4.96. The Morgan fingerprint density at radius 3 is 2.41 bits per heavy atom. The van der Waals surface area contributed by atoms with Gasteiger partial charge in [-0.05, 0) is 24.3 Å². The van der Waals surface area contributed by atoms with Gasteiger partial charge in [0, 0.05) is 17.7 Å². The highest BCUT2D eigenvalue weighted by Crippen LogP contribution is 2.47. The van der Waals surface area contributed by atoms with E-state index in [1.165, 1.54) is 4.88 Å². The zero-order valence-corrected chi connectivity index (χ0v) is 10.5. The minimum atomic E-state index is -0.377. The van der Waals surface area contributed by atoms with Gasteiger partial charge in [0.1, 0.15) is 0 Å². The second-order valence-corrected chi connectivity index (χ2v) is 5.73. The second-order valence-electron chi connectivity index (χ2n) is 4.78. The Morgan fingerprint density at radius 1 is 1.18 bits per heavy atom. The van der Waals surface area contributed by atoms with E-state index < -0.39 is 0 Å². The molecule has 1 spiro atoms. The van der Waals surface area contributed by atoms with Crippen molar-refractivity contribution >= 4 is 11.3 Å². The van der Waals surface area contributed by atoms with E-state index in [2.05, 4.69) is 12.1 Å². The maximum atomic E-state index is 9.52. The summed E-state index contributed by atoms with van der Waals surface area (Å²) in [6, 6.07) is 6.62. The third-order valence-electron chi connectivity index (χ3n) is 3.89. The van der Waals surface area contributed by atoms with Gasteiger partial charge in [0.2, 0.25) is 0 Å². The van der Waals surface area contributed by atoms with Crippen molar-refractivity contribution in [3.63, 3.8) is 0 Å². The molecular formula is C13H15NO2S. The molecule has 0 radical (unpaired) electrons. The zero-order valence-electron chi connectivity index (χ0n) is 9.65. The first-order valence-corrected chi connectivity index (χ1v) is 6.90.